The van der Waals surface area contributed by atoms with Crippen LogP contribution in [0.15, 0.2) is 22.7 Å². The van der Waals surface area contributed by atoms with E-state index in [1.165, 1.54) is 0 Å². The van der Waals surface area contributed by atoms with Gasteiger partial charge in [0.1, 0.15) is 11.6 Å². The van der Waals surface area contributed by atoms with E-state index in [0.717, 1.165) is 19.5 Å². The number of aryl methyl sites for hydroxylation is 1. The standard InChI is InChI=1S/C14H20N6O2/c1-10-9-13(19-22-10)16-14(21)11-5-6-12(18-17-11)15-7-4-8-20(2)3/h5-6,9H,4,7-8H2,1-3H3,(H,15,18)(H,16,19,21). The van der Waals surface area contributed by atoms with E-state index >= 15 is 0 Å². The van der Waals surface area contributed by atoms with E-state index in [0.29, 0.717) is 17.4 Å². The molecule has 0 spiro atoms. The number of anilines is 2. The Morgan fingerprint density at radius 3 is 2.68 bits per heavy atom. The number of amides is 1. The molecule has 0 aromatic carbocycles. The van der Waals surface area contributed by atoms with Gasteiger partial charge in [-0.2, -0.15) is 0 Å². The van der Waals surface area contributed by atoms with Gasteiger partial charge in [0.25, 0.3) is 5.91 Å². The molecule has 118 valence electrons. The van der Waals surface area contributed by atoms with Crippen LogP contribution < -0.4 is 10.6 Å². The van der Waals surface area contributed by atoms with Crippen molar-refractivity contribution in [1.82, 2.24) is 20.3 Å². The highest BCUT2D eigenvalue weighted by Crippen LogP contribution is 2.09. The Balaban J connectivity index is 1.84. The maximum Gasteiger partial charge on any atom is 0.277 e. The maximum absolute atomic E-state index is 11.9. The molecule has 0 aliphatic rings. The average Bonchev–Trinajstić information content (AvgIpc) is 2.89. The average molecular weight is 304 g/mol. The number of carbonyl (C=O) groups is 1. The zero-order chi connectivity index (χ0) is 15.9. The fourth-order valence-corrected chi connectivity index (χ4v) is 1.77. The van der Waals surface area contributed by atoms with Crippen LogP contribution in [0.2, 0.25) is 0 Å². The number of hydrogen-bond donors (Lipinski definition) is 2. The topological polar surface area (TPSA) is 96.2 Å². The lowest BCUT2D eigenvalue weighted by Gasteiger charge is -2.09. The summed E-state index contributed by atoms with van der Waals surface area (Å²) >= 11 is 0. The molecule has 2 heterocycles. The number of nitrogens with one attached hydrogen (secondary N) is 2. The first-order valence-corrected chi connectivity index (χ1v) is 7.01. The van der Waals surface area contributed by atoms with Crippen molar-refractivity contribution in [2.75, 3.05) is 37.8 Å². The third-order valence-corrected chi connectivity index (χ3v) is 2.85. The van der Waals surface area contributed by atoms with Crippen LogP contribution in [0.1, 0.15) is 22.7 Å². The zero-order valence-corrected chi connectivity index (χ0v) is 13.0. The lowest BCUT2D eigenvalue weighted by molar-refractivity contribution is 0.102. The molecule has 2 aromatic rings. The molecule has 0 aliphatic heterocycles. The minimum Gasteiger partial charge on any atom is -0.369 e. The van der Waals surface area contributed by atoms with Crippen LogP contribution in [-0.2, 0) is 0 Å². The second kappa shape index (κ2) is 7.51. The molecule has 2 aromatic heterocycles. The highest BCUT2D eigenvalue weighted by molar-refractivity contribution is 6.02. The molecule has 0 radical (unpaired) electrons. The first kappa shape index (κ1) is 15.9. The molecule has 22 heavy (non-hydrogen) atoms. The van der Waals surface area contributed by atoms with Crippen molar-refractivity contribution in [2.24, 2.45) is 0 Å². The first-order valence-electron chi connectivity index (χ1n) is 7.01. The van der Waals surface area contributed by atoms with Gasteiger partial charge in [0, 0.05) is 12.6 Å². The van der Waals surface area contributed by atoms with Crippen molar-refractivity contribution in [1.29, 1.82) is 0 Å². The Labute approximate surface area is 128 Å². The second-order valence-corrected chi connectivity index (χ2v) is 5.16. The molecule has 2 N–H and O–H groups in total. The number of aromatic nitrogens is 3. The van der Waals surface area contributed by atoms with Gasteiger partial charge in [-0.1, -0.05) is 5.16 Å². The Morgan fingerprint density at radius 2 is 2.09 bits per heavy atom. The molecule has 0 aliphatic carbocycles. The summed E-state index contributed by atoms with van der Waals surface area (Å²) in [6, 6.07) is 4.97. The van der Waals surface area contributed by atoms with Crippen molar-refractivity contribution in [3.8, 4) is 0 Å². The van der Waals surface area contributed by atoms with Gasteiger partial charge in [-0.3, -0.25) is 4.79 Å². The van der Waals surface area contributed by atoms with Crippen LogP contribution in [-0.4, -0.2) is 53.3 Å². The number of rotatable bonds is 7. The van der Waals surface area contributed by atoms with Gasteiger partial charge >= 0.3 is 0 Å². The summed E-state index contributed by atoms with van der Waals surface area (Å²) in [6.45, 7) is 3.55. The van der Waals surface area contributed by atoms with Crippen molar-refractivity contribution in [3.63, 3.8) is 0 Å². The predicted molar refractivity (Wildman–Crippen MR) is 82.9 cm³/mol. The summed E-state index contributed by atoms with van der Waals surface area (Å²) in [5.74, 6) is 1.25. The van der Waals surface area contributed by atoms with Gasteiger partial charge in [0.15, 0.2) is 11.5 Å². The van der Waals surface area contributed by atoms with Gasteiger partial charge < -0.3 is 20.1 Å². The Bertz CT molecular complexity index is 608. The van der Waals surface area contributed by atoms with Crippen molar-refractivity contribution >= 4 is 17.5 Å². The second-order valence-electron chi connectivity index (χ2n) is 5.16. The van der Waals surface area contributed by atoms with E-state index < -0.39 is 0 Å². The number of hydrogen-bond acceptors (Lipinski definition) is 7. The van der Waals surface area contributed by atoms with E-state index in [4.69, 9.17) is 4.52 Å². The van der Waals surface area contributed by atoms with E-state index in [9.17, 15) is 4.79 Å². The van der Waals surface area contributed by atoms with Crippen molar-refractivity contribution < 1.29 is 9.32 Å². The molecule has 8 nitrogen and oxygen atoms in total. The Hall–Kier alpha value is -2.48. The fourth-order valence-electron chi connectivity index (χ4n) is 1.77. The normalized spacial score (nSPS) is 10.7. The summed E-state index contributed by atoms with van der Waals surface area (Å²) in [4.78, 5) is 14.1. The number of carbonyl (C=O) groups excluding carboxylic acids is 1. The lowest BCUT2D eigenvalue weighted by Crippen LogP contribution is -2.17. The molecular weight excluding hydrogens is 284 g/mol. The smallest absolute Gasteiger partial charge is 0.277 e. The van der Waals surface area contributed by atoms with Crippen LogP contribution in [0.3, 0.4) is 0 Å². The van der Waals surface area contributed by atoms with Gasteiger partial charge in [-0.25, -0.2) is 0 Å². The van der Waals surface area contributed by atoms with Crippen LogP contribution in [0, 0.1) is 6.92 Å². The Kier molecular flexibility index (Phi) is 5.42. The highest BCUT2D eigenvalue weighted by Gasteiger charge is 2.10. The molecule has 0 bridgehead atoms. The van der Waals surface area contributed by atoms with E-state index in [1.807, 2.05) is 14.1 Å². The lowest BCUT2D eigenvalue weighted by atomic mass is 10.3. The summed E-state index contributed by atoms with van der Waals surface area (Å²) < 4.78 is 4.88. The molecule has 0 atom stereocenters. The molecule has 8 heteroatoms. The van der Waals surface area contributed by atoms with Gasteiger partial charge in [0.05, 0.1) is 0 Å². The predicted octanol–water partition coefficient (Wildman–Crippen LogP) is 1.39. The molecule has 0 saturated heterocycles. The van der Waals surface area contributed by atoms with Crippen LogP contribution in [0.25, 0.3) is 0 Å². The minimum absolute atomic E-state index is 0.222. The minimum atomic E-state index is -0.375. The molecule has 0 fully saturated rings. The molecule has 0 saturated carbocycles. The SMILES string of the molecule is Cc1cc(NC(=O)c2ccc(NCCCN(C)C)nn2)no1. The molecule has 1 amide bonds. The third-order valence-electron chi connectivity index (χ3n) is 2.85. The summed E-state index contributed by atoms with van der Waals surface area (Å²) in [7, 11) is 4.06. The maximum atomic E-state index is 11.9. The van der Waals surface area contributed by atoms with Gasteiger partial charge in [-0.15, -0.1) is 10.2 Å². The first-order chi connectivity index (χ1) is 10.5. The molecule has 0 unspecified atom stereocenters. The van der Waals surface area contributed by atoms with Crippen LogP contribution in [0.5, 0.6) is 0 Å². The van der Waals surface area contributed by atoms with E-state index in [2.05, 4.69) is 30.9 Å². The van der Waals surface area contributed by atoms with Crippen LogP contribution in [0.4, 0.5) is 11.6 Å². The van der Waals surface area contributed by atoms with Crippen LogP contribution >= 0.6 is 0 Å². The molecule has 2 rings (SSSR count). The third kappa shape index (κ3) is 4.81. The summed E-state index contributed by atoms with van der Waals surface area (Å²) in [5, 5.41) is 17.3. The van der Waals surface area contributed by atoms with E-state index in [-0.39, 0.29) is 11.6 Å². The van der Waals surface area contributed by atoms with Crippen molar-refractivity contribution in [3.05, 3.63) is 29.7 Å². The zero-order valence-electron chi connectivity index (χ0n) is 13.0. The van der Waals surface area contributed by atoms with E-state index in [1.54, 1.807) is 25.1 Å². The fraction of sp³-hybridized carbons (Fsp3) is 0.429. The Morgan fingerprint density at radius 1 is 1.27 bits per heavy atom. The van der Waals surface area contributed by atoms with Gasteiger partial charge in [-0.05, 0) is 46.1 Å². The largest absolute Gasteiger partial charge is 0.369 e. The highest BCUT2D eigenvalue weighted by atomic mass is 16.5. The van der Waals surface area contributed by atoms with Crippen molar-refractivity contribution in [2.45, 2.75) is 13.3 Å². The van der Waals surface area contributed by atoms with Gasteiger partial charge in [0.2, 0.25) is 0 Å². The summed E-state index contributed by atoms with van der Waals surface area (Å²) in [5.41, 5.74) is 0.222. The molecular formula is C14H20N6O2. The monoisotopic (exact) mass is 304 g/mol. The summed E-state index contributed by atoms with van der Waals surface area (Å²) in [6.07, 6.45) is 1.00. The number of nitrogens with zero attached hydrogens (tertiary/aromatic N) is 4. The quantitative estimate of drug-likeness (QED) is 0.746.